The Morgan fingerprint density at radius 2 is 1.77 bits per heavy atom. The first-order valence-corrected chi connectivity index (χ1v) is 10.6. The minimum atomic E-state index is -0.405. The average molecular weight is 427 g/mol. The number of likely N-dealkylation sites (tertiary alicyclic amines) is 1. The van der Waals surface area contributed by atoms with Gasteiger partial charge in [0.05, 0.1) is 13.0 Å². The fraction of sp³-hybridized carbons (Fsp3) is 0.435. The molecule has 1 saturated heterocycles. The molecule has 7 nitrogen and oxygen atoms in total. The summed E-state index contributed by atoms with van der Waals surface area (Å²) in [7, 11) is 1.55. The molecule has 0 bridgehead atoms. The van der Waals surface area contributed by atoms with Crippen molar-refractivity contribution in [2.75, 3.05) is 33.4 Å². The van der Waals surface area contributed by atoms with E-state index in [1.54, 1.807) is 23.1 Å². The molecular formula is C23H26FN3O4. The van der Waals surface area contributed by atoms with Crippen LogP contribution in [-0.4, -0.2) is 59.5 Å². The highest BCUT2D eigenvalue weighted by Crippen LogP contribution is 2.24. The first-order valence-electron chi connectivity index (χ1n) is 10.6. The van der Waals surface area contributed by atoms with Gasteiger partial charge >= 0.3 is 0 Å². The van der Waals surface area contributed by atoms with Crippen LogP contribution in [0.15, 0.2) is 35.3 Å². The number of nitrogens with zero attached hydrogens (tertiary/aromatic N) is 3. The monoisotopic (exact) mass is 427 g/mol. The van der Waals surface area contributed by atoms with Crippen LogP contribution in [0.1, 0.15) is 40.7 Å². The van der Waals surface area contributed by atoms with Crippen LogP contribution in [0.3, 0.4) is 0 Å². The maximum atomic E-state index is 13.4. The quantitative estimate of drug-likeness (QED) is 0.733. The first-order chi connectivity index (χ1) is 15.0. The van der Waals surface area contributed by atoms with Crippen molar-refractivity contribution in [1.82, 2.24) is 14.4 Å². The summed E-state index contributed by atoms with van der Waals surface area (Å²) in [6, 6.07) is 5.59. The van der Waals surface area contributed by atoms with E-state index < -0.39 is 11.4 Å². The van der Waals surface area contributed by atoms with Crippen LogP contribution in [0.4, 0.5) is 4.39 Å². The van der Waals surface area contributed by atoms with Crippen LogP contribution < -0.4 is 5.56 Å². The molecule has 2 amide bonds. The standard InChI is InChI=1S/C23H26FN3O4/c1-31-13-9-20(28)26-12-8-19-16(14-26)15-27(18-6-4-17(24)5-7-18)23(30)21(19)22(29)25-10-2-3-11-25/h4-7,15H,2-3,8-14H2,1H3. The summed E-state index contributed by atoms with van der Waals surface area (Å²) < 4.78 is 19.8. The Balaban J connectivity index is 1.78. The summed E-state index contributed by atoms with van der Waals surface area (Å²) in [5.74, 6) is -0.688. The van der Waals surface area contributed by atoms with E-state index in [0.717, 1.165) is 24.0 Å². The number of amides is 2. The van der Waals surface area contributed by atoms with Crippen LogP contribution in [0.25, 0.3) is 5.69 Å². The highest BCUT2D eigenvalue weighted by Gasteiger charge is 2.31. The molecule has 1 fully saturated rings. The van der Waals surface area contributed by atoms with Crippen LogP contribution in [0.2, 0.25) is 0 Å². The third-order valence-electron chi connectivity index (χ3n) is 5.98. The lowest BCUT2D eigenvalue weighted by Gasteiger charge is -2.31. The molecule has 2 aromatic rings. The number of aromatic nitrogens is 1. The van der Waals surface area contributed by atoms with Gasteiger partial charge in [-0.05, 0) is 54.7 Å². The van der Waals surface area contributed by atoms with Crippen molar-refractivity contribution < 1.29 is 18.7 Å². The molecule has 0 N–H and O–H groups in total. The molecular weight excluding hydrogens is 401 g/mol. The predicted octanol–water partition coefficient (Wildman–Crippen LogP) is 2.13. The SMILES string of the molecule is COCCC(=O)N1CCc2c(cn(-c3ccc(F)cc3)c(=O)c2C(=O)N2CCCC2)C1. The molecule has 2 aliphatic rings. The van der Waals surface area contributed by atoms with E-state index >= 15 is 0 Å². The molecule has 3 heterocycles. The van der Waals surface area contributed by atoms with E-state index in [2.05, 4.69) is 0 Å². The zero-order valence-electron chi connectivity index (χ0n) is 17.6. The number of halogens is 1. The predicted molar refractivity (Wildman–Crippen MR) is 113 cm³/mol. The molecule has 2 aliphatic heterocycles. The van der Waals surface area contributed by atoms with Gasteiger partial charge in [-0.2, -0.15) is 0 Å². The Kier molecular flexibility index (Phi) is 6.18. The third-order valence-corrected chi connectivity index (χ3v) is 5.98. The lowest BCUT2D eigenvalue weighted by Crippen LogP contribution is -2.42. The number of rotatable bonds is 5. The van der Waals surface area contributed by atoms with Gasteiger partial charge in [0.1, 0.15) is 11.4 Å². The van der Waals surface area contributed by atoms with E-state index in [1.807, 2.05) is 0 Å². The molecule has 0 aliphatic carbocycles. The Bertz CT molecular complexity index is 1040. The number of carbonyl (C=O) groups is 2. The van der Waals surface area contributed by atoms with Crippen LogP contribution in [0.5, 0.6) is 0 Å². The van der Waals surface area contributed by atoms with E-state index in [-0.39, 0.29) is 23.8 Å². The Morgan fingerprint density at radius 1 is 1.06 bits per heavy atom. The fourth-order valence-electron chi connectivity index (χ4n) is 4.31. The topological polar surface area (TPSA) is 71.8 Å². The Hall–Kier alpha value is -3.00. The van der Waals surface area contributed by atoms with Crippen LogP contribution in [-0.2, 0) is 22.5 Å². The second-order valence-corrected chi connectivity index (χ2v) is 7.97. The maximum absolute atomic E-state index is 13.4. The average Bonchev–Trinajstić information content (AvgIpc) is 3.32. The van der Waals surface area contributed by atoms with Crippen molar-refractivity contribution in [1.29, 1.82) is 0 Å². The molecule has 0 unspecified atom stereocenters. The smallest absolute Gasteiger partial charge is 0.268 e. The van der Waals surface area contributed by atoms with Gasteiger partial charge in [0.2, 0.25) is 5.91 Å². The molecule has 1 aromatic carbocycles. The highest BCUT2D eigenvalue weighted by molar-refractivity contribution is 5.96. The number of hydrogen-bond acceptors (Lipinski definition) is 4. The number of methoxy groups -OCH3 is 1. The molecule has 31 heavy (non-hydrogen) atoms. The largest absolute Gasteiger partial charge is 0.384 e. The van der Waals surface area contributed by atoms with Crippen LogP contribution in [0, 0.1) is 5.82 Å². The van der Waals surface area contributed by atoms with Crippen LogP contribution >= 0.6 is 0 Å². The fourth-order valence-corrected chi connectivity index (χ4v) is 4.31. The van der Waals surface area contributed by atoms with E-state index in [9.17, 15) is 18.8 Å². The van der Waals surface area contributed by atoms with Crippen molar-refractivity contribution in [3.05, 3.63) is 63.3 Å². The zero-order valence-corrected chi connectivity index (χ0v) is 17.6. The maximum Gasteiger partial charge on any atom is 0.268 e. The Labute approximate surface area is 180 Å². The van der Waals surface area contributed by atoms with Gasteiger partial charge in [-0.1, -0.05) is 0 Å². The summed E-state index contributed by atoms with van der Waals surface area (Å²) in [5, 5.41) is 0. The number of pyridine rings is 1. The molecule has 8 heteroatoms. The number of carbonyl (C=O) groups excluding carboxylic acids is 2. The summed E-state index contributed by atoms with van der Waals surface area (Å²) in [6.07, 6.45) is 4.26. The molecule has 164 valence electrons. The summed E-state index contributed by atoms with van der Waals surface area (Å²) in [6.45, 7) is 2.39. The molecule has 0 radical (unpaired) electrons. The summed E-state index contributed by atoms with van der Waals surface area (Å²) in [5.41, 5.74) is 1.74. The molecule has 1 aromatic heterocycles. The van der Waals surface area contributed by atoms with Crippen molar-refractivity contribution in [2.24, 2.45) is 0 Å². The van der Waals surface area contributed by atoms with Gasteiger partial charge in [-0.3, -0.25) is 19.0 Å². The van der Waals surface area contributed by atoms with Crippen molar-refractivity contribution in [3.63, 3.8) is 0 Å². The van der Waals surface area contributed by atoms with Gasteiger partial charge in [-0.25, -0.2) is 4.39 Å². The van der Waals surface area contributed by atoms with Gasteiger partial charge in [0.15, 0.2) is 0 Å². The lowest BCUT2D eigenvalue weighted by molar-refractivity contribution is -0.133. The highest BCUT2D eigenvalue weighted by atomic mass is 19.1. The summed E-state index contributed by atoms with van der Waals surface area (Å²) in [4.78, 5) is 42.7. The van der Waals surface area contributed by atoms with E-state index in [4.69, 9.17) is 4.74 Å². The molecule has 0 spiro atoms. The normalized spacial score (nSPS) is 15.8. The second kappa shape index (κ2) is 9.01. The van der Waals surface area contributed by atoms with E-state index in [1.165, 1.54) is 28.8 Å². The number of ether oxygens (including phenoxy) is 1. The number of hydrogen-bond donors (Lipinski definition) is 0. The second-order valence-electron chi connectivity index (χ2n) is 7.97. The number of fused-ring (bicyclic) bond motifs is 1. The van der Waals surface area contributed by atoms with Gasteiger partial charge in [0.25, 0.3) is 11.5 Å². The van der Waals surface area contributed by atoms with Crippen molar-refractivity contribution >= 4 is 11.8 Å². The third kappa shape index (κ3) is 4.25. The molecule has 4 rings (SSSR count). The number of benzene rings is 1. The minimum Gasteiger partial charge on any atom is -0.384 e. The van der Waals surface area contributed by atoms with Gasteiger partial charge in [0, 0.05) is 45.2 Å². The molecule has 0 atom stereocenters. The summed E-state index contributed by atoms with van der Waals surface area (Å²) >= 11 is 0. The molecule has 0 saturated carbocycles. The van der Waals surface area contributed by atoms with Gasteiger partial charge < -0.3 is 14.5 Å². The lowest BCUT2D eigenvalue weighted by atomic mass is 9.95. The van der Waals surface area contributed by atoms with E-state index in [0.29, 0.717) is 44.9 Å². The van der Waals surface area contributed by atoms with Crippen molar-refractivity contribution in [2.45, 2.75) is 32.2 Å². The Morgan fingerprint density at radius 3 is 2.45 bits per heavy atom. The zero-order chi connectivity index (χ0) is 22.0. The first kappa shape index (κ1) is 21.2. The van der Waals surface area contributed by atoms with Gasteiger partial charge in [-0.15, -0.1) is 0 Å². The minimum absolute atomic E-state index is 0.0283. The van der Waals surface area contributed by atoms with Crippen molar-refractivity contribution in [3.8, 4) is 5.69 Å².